The summed E-state index contributed by atoms with van der Waals surface area (Å²) in [4.78, 5) is 12.2. The maximum Gasteiger partial charge on any atom is 0.219 e. The summed E-state index contributed by atoms with van der Waals surface area (Å²) < 4.78 is 12.0. The Kier molecular flexibility index (Phi) is 2.82. The van der Waals surface area contributed by atoms with Gasteiger partial charge in [-0.05, 0) is 22.0 Å². The van der Waals surface area contributed by atoms with Gasteiger partial charge in [0.25, 0.3) is 0 Å². The molecular formula is C10H9BrN2O3. The maximum atomic E-state index is 12.2. The summed E-state index contributed by atoms with van der Waals surface area (Å²) in [5.41, 5.74) is 0.839. The molecule has 0 saturated heterocycles. The quantitative estimate of drug-likeness (QED) is 0.809. The van der Waals surface area contributed by atoms with Crippen LogP contribution < -0.4 is 4.74 Å². The van der Waals surface area contributed by atoms with Gasteiger partial charge >= 0.3 is 0 Å². The Balaban J connectivity index is 2.49. The van der Waals surface area contributed by atoms with E-state index in [0.29, 0.717) is 21.7 Å². The molecule has 0 fully saturated rings. The second-order valence-corrected chi connectivity index (χ2v) is 3.84. The summed E-state index contributed by atoms with van der Waals surface area (Å²) in [6, 6.07) is 1.60. The number of carbonyl (C=O) groups is 1. The molecule has 0 amide bonds. The Morgan fingerprint density at radius 3 is 2.94 bits per heavy atom. The zero-order valence-corrected chi connectivity index (χ0v) is 10.3. The summed E-state index contributed by atoms with van der Waals surface area (Å²) in [5.74, 6) is 0.248. The average molecular weight is 285 g/mol. The molecule has 2 rings (SSSR count). The van der Waals surface area contributed by atoms with Gasteiger partial charge in [-0.15, -0.1) is 0 Å². The zero-order chi connectivity index (χ0) is 11.7. The van der Waals surface area contributed by atoms with Crippen LogP contribution in [0.3, 0.4) is 0 Å². The van der Waals surface area contributed by atoms with Crippen LogP contribution in [0.25, 0.3) is 0 Å². The van der Waals surface area contributed by atoms with Gasteiger partial charge in [-0.1, -0.05) is 0 Å². The number of methoxy groups -OCH3 is 1. The van der Waals surface area contributed by atoms with E-state index in [1.165, 1.54) is 24.3 Å². The third-order valence-corrected chi connectivity index (χ3v) is 2.82. The molecule has 0 bridgehead atoms. The number of halogens is 1. The first-order chi connectivity index (χ1) is 7.65. The van der Waals surface area contributed by atoms with Crippen LogP contribution in [0, 0.1) is 0 Å². The number of aryl methyl sites for hydroxylation is 1. The standard InChI is InChI=1S/C10H9BrN2O3/c1-13-8(7(15-2)5-12-13)9(14)6-3-4-16-10(6)11/h3-5H,1-2H3. The number of nitrogens with zero attached hydrogens (tertiary/aromatic N) is 2. The predicted molar refractivity (Wildman–Crippen MR) is 59.6 cm³/mol. The molecule has 0 aliphatic heterocycles. The number of carbonyl (C=O) groups excluding carboxylic acids is 1. The monoisotopic (exact) mass is 284 g/mol. The first kappa shape index (κ1) is 10.9. The fourth-order valence-corrected chi connectivity index (χ4v) is 1.83. The third kappa shape index (κ3) is 1.65. The first-order valence-electron chi connectivity index (χ1n) is 4.49. The maximum absolute atomic E-state index is 12.2. The highest BCUT2D eigenvalue weighted by molar-refractivity contribution is 9.10. The molecule has 0 aliphatic rings. The molecule has 6 heteroatoms. The smallest absolute Gasteiger partial charge is 0.219 e. The first-order valence-corrected chi connectivity index (χ1v) is 5.28. The van der Waals surface area contributed by atoms with Crippen LogP contribution in [0.4, 0.5) is 0 Å². The normalized spacial score (nSPS) is 10.4. The molecule has 0 aliphatic carbocycles. The summed E-state index contributed by atoms with van der Waals surface area (Å²) in [6.45, 7) is 0. The van der Waals surface area contributed by atoms with Gasteiger partial charge in [0.05, 0.1) is 25.1 Å². The summed E-state index contributed by atoms with van der Waals surface area (Å²) in [7, 11) is 3.18. The number of ketones is 1. The molecule has 16 heavy (non-hydrogen) atoms. The number of ether oxygens (including phenoxy) is 1. The molecule has 0 spiro atoms. The van der Waals surface area contributed by atoms with Gasteiger partial charge in [0.1, 0.15) is 0 Å². The van der Waals surface area contributed by atoms with Gasteiger partial charge in [0, 0.05) is 7.05 Å². The molecule has 0 radical (unpaired) electrons. The zero-order valence-electron chi connectivity index (χ0n) is 8.73. The van der Waals surface area contributed by atoms with Crippen molar-refractivity contribution in [3.63, 3.8) is 0 Å². The molecular weight excluding hydrogens is 276 g/mol. The van der Waals surface area contributed by atoms with Crippen molar-refractivity contribution < 1.29 is 13.9 Å². The van der Waals surface area contributed by atoms with Gasteiger partial charge in [-0.25, -0.2) is 0 Å². The molecule has 2 aromatic rings. The van der Waals surface area contributed by atoms with Crippen molar-refractivity contribution in [2.75, 3.05) is 7.11 Å². The molecule has 0 N–H and O–H groups in total. The number of rotatable bonds is 3. The minimum atomic E-state index is -0.197. The number of aromatic nitrogens is 2. The molecule has 0 saturated carbocycles. The second-order valence-electron chi connectivity index (χ2n) is 3.12. The van der Waals surface area contributed by atoms with E-state index in [1.54, 1.807) is 13.1 Å². The Morgan fingerprint density at radius 2 is 2.38 bits per heavy atom. The minimum Gasteiger partial charge on any atom is -0.493 e. The van der Waals surface area contributed by atoms with E-state index in [0.717, 1.165) is 0 Å². The molecule has 5 nitrogen and oxygen atoms in total. The lowest BCUT2D eigenvalue weighted by molar-refractivity contribution is 0.102. The van der Waals surface area contributed by atoms with Crippen molar-refractivity contribution in [3.05, 3.63) is 34.5 Å². The number of hydrogen-bond acceptors (Lipinski definition) is 4. The molecule has 2 aromatic heterocycles. The molecule has 0 unspecified atom stereocenters. The fraction of sp³-hybridized carbons (Fsp3) is 0.200. The second kappa shape index (κ2) is 4.13. The number of hydrogen-bond donors (Lipinski definition) is 0. The van der Waals surface area contributed by atoms with E-state index in [4.69, 9.17) is 9.15 Å². The summed E-state index contributed by atoms with van der Waals surface area (Å²) >= 11 is 3.17. The third-order valence-electron chi connectivity index (χ3n) is 2.20. The molecule has 0 aromatic carbocycles. The van der Waals surface area contributed by atoms with Gasteiger partial charge < -0.3 is 9.15 Å². The van der Waals surface area contributed by atoms with Crippen LogP contribution in [0.5, 0.6) is 5.75 Å². The predicted octanol–water partition coefficient (Wildman–Crippen LogP) is 2.02. The SMILES string of the molecule is COc1cnn(C)c1C(=O)c1ccoc1Br. The highest BCUT2D eigenvalue weighted by atomic mass is 79.9. The molecule has 84 valence electrons. The highest BCUT2D eigenvalue weighted by Crippen LogP contribution is 2.25. The lowest BCUT2D eigenvalue weighted by Crippen LogP contribution is -2.09. The summed E-state index contributed by atoms with van der Waals surface area (Å²) in [5, 5.41) is 3.97. The topological polar surface area (TPSA) is 57.3 Å². The van der Waals surface area contributed by atoms with Crippen molar-refractivity contribution >= 4 is 21.7 Å². The fourth-order valence-electron chi connectivity index (χ4n) is 1.41. The van der Waals surface area contributed by atoms with Crippen LogP contribution in [0.15, 0.2) is 27.6 Å². The average Bonchev–Trinajstić information content (AvgIpc) is 2.83. The van der Waals surface area contributed by atoms with E-state index < -0.39 is 0 Å². The van der Waals surface area contributed by atoms with Crippen LogP contribution in [0.2, 0.25) is 0 Å². The van der Waals surface area contributed by atoms with Gasteiger partial charge in [0.2, 0.25) is 5.78 Å². The Hall–Kier alpha value is -1.56. The Bertz CT molecular complexity index is 530. The molecule has 0 atom stereocenters. The van der Waals surface area contributed by atoms with Gasteiger partial charge in [-0.3, -0.25) is 9.48 Å². The van der Waals surface area contributed by atoms with Crippen LogP contribution >= 0.6 is 15.9 Å². The van der Waals surface area contributed by atoms with E-state index >= 15 is 0 Å². The van der Waals surface area contributed by atoms with Crippen molar-refractivity contribution in [2.45, 2.75) is 0 Å². The minimum absolute atomic E-state index is 0.197. The van der Waals surface area contributed by atoms with Crippen molar-refractivity contribution in [3.8, 4) is 5.75 Å². The van der Waals surface area contributed by atoms with Gasteiger partial charge in [0.15, 0.2) is 16.1 Å². The van der Waals surface area contributed by atoms with Crippen LogP contribution in [-0.4, -0.2) is 22.7 Å². The van der Waals surface area contributed by atoms with E-state index in [1.807, 2.05) is 0 Å². The van der Waals surface area contributed by atoms with Crippen molar-refractivity contribution in [1.29, 1.82) is 0 Å². The number of furan rings is 1. The van der Waals surface area contributed by atoms with Crippen molar-refractivity contribution in [2.24, 2.45) is 7.05 Å². The Labute approximate surface area is 100 Å². The lowest BCUT2D eigenvalue weighted by atomic mass is 10.1. The van der Waals surface area contributed by atoms with E-state index in [-0.39, 0.29) is 5.78 Å². The van der Waals surface area contributed by atoms with Crippen molar-refractivity contribution in [1.82, 2.24) is 9.78 Å². The van der Waals surface area contributed by atoms with E-state index in [9.17, 15) is 4.79 Å². The van der Waals surface area contributed by atoms with Crippen LogP contribution in [-0.2, 0) is 7.05 Å². The lowest BCUT2D eigenvalue weighted by Gasteiger charge is -2.02. The largest absolute Gasteiger partial charge is 0.493 e. The van der Waals surface area contributed by atoms with Crippen LogP contribution in [0.1, 0.15) is 16.1 Å². The van der Waals surface area contributed by atoms with Gasteiger partial charge in [-0.2, -0.15) is 5.10 Å². The van der Waals surface area contributed by atoms with E-state index in [2.05, 4.69) is 21.0 Å². The highest BCUT2D eigenvalue weighted by Gasteiger charge is 2.22. The molecule has 2 heterocycles. The summed E-state index contributed by atoms with van der Waals surface area (Å²) in [6.07, 6.45) is 2.95. The Morgan fingerprint density at radius 1 is 1.62 bits per heavy atom.